The zero-order valence-corrected chi connectivity index (χ0v) is 10.00. The fraction of sp³-hybridized carbons (Fsp3) is 0.250. The van der Waals surface area contributed by atoms with E-state index in [2.05, 4.69) is 21.4 Å². The molecule has 1 N–H and O–H groups in total. The van der Waals surface area contributed by atoms with Crippen LogP contribution in [0.4, 0.5) is 11.6 Å². The number of anilines is 2. The summed E-state index contributed by atoms with van der Waals surface area (Å²) in [4.78, 5) is 9.96. The summed E-state index contributed by atoms with van der Waals surface area (Å²) in [6.07, 6.45) is 3.09. The number of nitriles is 1. The second kappa shape index (κ2) is 5.68. The summed E-state index contributed by atoms with van der Waals surface area (Å²) in [7, 11) is 1.81. The van der Waals surface area contributed by atoms with E-state index in [1.807, 2.05) is 19.2 Å². The second-order valence-corrected chi connectivity index (χ2v) is 3.71. The standard InChI is InChI=1S/C12H13N5O/c1-17(5-4-13)12-7-11(15-9-16-12)14-8-10-3-2-6-18-10/h2-3,6-7,9H,5,8H2,1H3,(H,14,15,16). The maximum absolute atomic E-state index is 8.63. The average molecular weight is 243 g/mol. The average Bonchev–Trinajstić information content (AvgIpc) is 2.90. The molecule has 0 unspecified atom stereocenters. The van der Waals surface area contributed by atoms with Crippen molar-refractivity contribution in [2.24, 2.45) is 0 Å². The van der Waals surface area contributed by atoms with Gasteiger partial charge in [0.15, 0.2) is 0 Å². The van der Waals surface area contributed by atoms with Gasteiger partial charge in [0, 0.05) is 13.1 Å². The molecule has 2 aromatic rings. The minimum atomic E-state index is 0.286. The van der Waals surface area contributed by atoms with Gasteiger partial charge in [-0.1, -0.05) is 0 Å². The second-order valence-electron chi connectivity index (χ2n) is 3.71. The molecule has 92 valence electrons. The molecule has 0 aliphatic heterocycles. The molecule has 0 spiro atoms. The molecular formula is C12H13N5O. The van der Waals surface area contributed by atoms with Crippen molar-refractivity contribution in [3.05, 3.63) is 36.5 Å². The van der Waals surface area contributed by atoms with E-state index in [1.165, 1.54) is 6.33 Å². The predicted octanol–water partition coefficient (Wildman–Crippen LogP) is 1.64. The van der Waals surface area contributed by atoms with E-state index in [0.29, 0.717) is 18.2 Å². The molecule has 0 aliphatic carbocycles. The van der Waals surface area contributed by atoms with Crippen molar-refractivity contribution in [1.82, 2.24) is 9.97 Å². The van der Waals surface area contributed by atoms with Crippen LogP contribution in [0.15, 0.2) is 35.2 Å². The Morgan fingerprint density at radius 3 is 3.11 bits per heavy atom. The maximum atomic E-state index is 8.63. The Morgan fingerprint density at radius 1 is 1.50 bits per heavy atom. The topological polar surface area (TPSA) is 78.0 Å². The van der Waals surface area contributed by atoms with Crippen molar-refractivity contribution in [2.75, 3.05) is 23.8 Å². The van der Waals surface area contributed by atoms with E-state index in [1.54, 1.807) is 17.2 Å². The van der Waals surface area contributed by atoms with Crippen LogP contribution < -0.4 is 10.2 Å². The van der Waals surface area contributed by atoms with Gasteiger partial charge in [-0.2, -0.15) is 5.26 Å². The third kappa shape index (κ3) is 2.98. The first-order valence-corrected chi connectivity index (χ1v) is 5.46. The Bertz CT molecular complexity index is 532. The molecule has 18 heavy (non-hydrogen) atoms. The molecule has 0 aromatic carbocycles. The van der Waals surface area contributed by atoms with Gasteiger partial charge in [0.2, 0.25) is 0 Å². The zero-order valence-electron chi connectivity index (χ0n) is 10.00. The zero-order chi connectivity index (χ0) is 12.8. The van der Waals surface area contributed by atoms with Crippen LogP contribution in [-0.2, 0) is 6.54 Å². The molecule has 2 aromatic heterocycles. The van der Waals surface area contributed by atoms with Gasteiger partial charge in [-0.15, -0.1) is 0 Å². The lowest BCUT2D eigenvalue weighted by Crippen LogP contribution is -2.18. The summed E-state index contributed by atoms with van der Waals surface area (Å²) in [5, 5.41) is 11.8. The lowest BCUT2D eigenvalue weighted by molar-refractivity contribution is 0.518. The van der Waals surface area contributed by atoms with Crippen LogP contribution in [0.25, 0.3) is 0 Å². The van der Waals surface area contributed by atoms with E-state index >= 15 is 0 Å². The minimum absolute atomic E-state index is 0.286. The molecule has 0 amide bonds. The number of nitrogens with one attached hydrogen (secondary N) is 1. The molecule has 6 heteroatoms. The summed E-state index contributed by atoms with van der Waals surface area (Å²) >= 11 is 0. The van der Waals surface area contributed by atoms with Crippen LogP contribution in [0, 0.1) is 11.3 Å². The quantitative estimate of drug-likeness (QED) is 0.804. The maximum Gasteiger partial charge on any atom is 0.134 e. The molecule has 0 aliphatic rings. The molecule has 0 fully saturated rings. The largest absolute Gasteiger partial charge is 0.467 e. The SMILES string of the molecule is CN(CC#N)c1cc(NCc2ccco2)ncn1. The van der Waals surface area contributed by atoms with E-state index in [0.717, 1.165) is 5.76 Å². The molecule has 6 nitrogen and oxygen atoms in total. The van der Waals surface area contributed by atoms with E-state index < -0.39 is 0 Å². The summed E-state index contributed by atoms with van der Waals surface area (Å²) < 4.78 is 5.21. The molecule has 2 heterocycles. The Morgan fingerprint density at radius 2 is 2.39 bits per heavy atom. The van der Waals surface area contributed by atoms with Gasteiger partial charge >= 0.3 is 0 Å². The third-order valence-electron chi connectivity index (χ3n) is 2.38. The molecule has 2 rings (SSSR count). The van der Waals surface area contributed by atoms with Gasteiger partial charge in [-0.25, -0.2) is 9.97 Å². The lowest BCUT2D eigenvalue weighted by atomic mass is 10.4. The third-order valence-corrected chi connectivity index (χ3v) is 2.38. The van der Waals surface area contributed by atoms with Gasteiger partial charge < -0.3 is 14.6 Å². The number of hydrogen-bond acceptors (Lipinski definition) is 6. The monoisotopic (exact) mass is 243 g/mol. The smallest absolute Gasteiger partial charge is 0.134 e. The normalized spacial score (nSPS) is 9.78. The van der Waals surface area contributed by atoms with E-state index in [-0.39, 0.29) is 6.54 Å². The first kappa shape index (κ1) is 11.9. The van der Waals surface area contributed by atoms with Gasteiger partial charge in [0.25, 0.3) is 0 Å². The van der Waals surface area contributed by atoms with Crippen LogP contribution in [-0.4, -0.2) is 23.6 Å². The molecule has 0 saturated heterocycles. The molecular weight excluding hydrogens is 230 g/mol. The first-order chi connectivity index (χ1) is 8.79. The Kier molecular flexibility index (Phi) is 3.76. The van der Waals surface area contributed by atoms with Crippen molar-refractivity contribution >= 4 is 11.6 Å². The van der Waals surface area contributed by atoms with Gasteiger partial charge in [-0.05, 0) is 12.1 Å². The van der Waals surface area contributed by atoms with Crippen LogP contribution >= 0.6 is 0 Å². The molecule has 0 bridgehead atoms. The van der Waals surface area contributed by atoms with Crippen molar-refractivity contribution < 1.29 is 4.42 Å². The number of hydrogen-bond donors (Lipinski definition) is 1. The van der Waals surface area contributed by atoms with Gasteiger partial charge in [0.1, 0.15) is 30.3 Å². The molecule has 0 saturated carbocycles. The first-order valence-electron chi connectivity index (χ1n) is 5.46. The highest BCUT2D eigenvalue weighted by molar-refractivity contribution is 5.48. The molecule has 0 radical (unpaired) electrons. The minimum Gasteiger partial charge on any atom is -0.467 e. The number of nitrogens with zero attached hydrogens (tertiary/aromatic N) is 4. The van der Waals surface area contributed by atoms with Gasteiger partial charge in [0.05, 0.1) is 18.9 Å². The van der Waals surface area contributed by atoms with E-state index in [4.69, 9.17) is 9.68 Å². The Labute approximate surface area is 105 Å². The van der Waals surface area contributed by atoms with Crippen molar-refractivity contribution in [3.63, 3.8) is 0 Å². The summed E-state index contributed by atoms with van der Waals surface area (Å²) in [5.74, 6) is 2.23. The number of rotatable bonds is 5. The van der Waals surface area contributed by atoms with Crippen molar-refractivity contribution in [1.29, 1.82) is 5.26 Å². The van der Waals surface area contributed by atoms with Crippen LogP contribution in [0.2, 0.25) is 0 Å². The lowest BCUT2D eigenvalue weighted by Gasteiger charge is -2.14. The van der Waals surface area contributed by atoms with Crippen molar-refractivity contribution in [3.8, 4) is 6.07 Å². The highest BCUT2D eigenvalue weighted by atomic mass is 16.3. The fourth-order valence-electron chi connectivity index (χ4n) is 1.43. The summed E-state index contributed by atoms with van der Waals surface area (Å²) in [6.45, 7) is 0.847. The van der Waals surface area contributed by atoms with Crippen LogP contribution in [0.1, 0.15) is 5.76 Å². The summed E-state index contributed by atoms with van der Waals surface area (Å²) in [6, 6.07) is 7.58. The fourth-order valence-corrected chi connectivity index (χ4v) is 1.43. The van der Waals surface area contributed by atoms with Crippen LogP contribution in [0.5, 0.6) is 0 Å². The Hall–Kier alpha value is -2.55. The van der Waals surface area contributed by atoms with Gasteiger partial charge in [-0.3, -0.25) is 0 Å². The number of aromatic nitrogens is 2. The number of furan rings is 1. The van der Waals surface area contributed by atoms with Crippen molar-refractivity contribution in [2.45, 2.75) is 6.54 Å². The molecule has 0 atom stereocenters. The Balaban J connectivity index is 2.01. The van der Waals surface area contributed by atoms with Crippen LogP contribution in [0.3, 0.4) is 0 Å². The predicted molar refractivity (Wildman–Crippen MR) is 66.9 cm³/mol. The summed E-state index contributed by atoms with van der Waals surface area (Å²) in [5.41, 5.74) is 0. The van der Waals surface area contributed by atoms with E-state index in [9.17, 15) is 0 Å². The highest BCUT2D eigenvalue weighted by Gasteiger charge is 2.04. The highest BCUT2D eigenvalue weighted by Crippen LogP contribution is 2.13.